The van der Waals surface area contributed by atoms with Crippen LogP contribution in [0.2, 0.25) is 5.02 Å². The van der Waals surface area contributed by atoms with Gasteiger partial charge in [-0.15, -0.1) is 10.2 Å². The Hall–Kier alpha value is -1.31. The van der Waals surface area contributed by atoms with E-state index in [0.29, 0.717) is 16.4 Å². The number of rotatable bonds is 6. The maximum Gasteiger partial charge on any atom is 0.383 e. The van der Waals surface area contributed by atoms with Crippen LogP contribution in [0.4, 0.5) is 0 Å². The summed E-state index contributed by atoms with van der Waals surface area (Å²) < 4.78 is 26.7. The summed E-state index contributed by atoms with van der Waals surface area (Å²) in [6.45, 7) is 5.75. The first-order valence-corrected chi connectivity index (χ1v) is 10.7. The number of fused-ring (bicyclic) bond motifs is 1. The third-order valence-corrected chi connectivity index (χ3v) is 6.80. The molecule has 0 fully saturated rings. The zero-order valence-electron chi connectivity index (χ0n) is 14.4. The van der Waals surface area contributed by atoms with E-state index in [-0.39, 0.29) is 18.6 Å². The van der Waals surface area contributed by atoms with E-state index in [1.807, 2.05) is 6.92 Å². The molecular weight excluding hydrogens is 443 g/mol. The van der Waals surface area contributed by atoms with Gasteiger partial charge in [-0.05, 0) is 48.8 Å². The van der Waals surface area contributed by atoms with Crippen LogP contribution in [-0.4, -0.2) is 33.0 Å². The normalized spacial score (nSPS) is 12.0. The van der Waals surface area contributed by atoms with Gasteiger partial charge in [-0.3, -0.25) is 4.57 Å². The molecule has 0 spiro atoms. The van der Waals surface area contributed by atoms with Crippen molar-refractivity contribution in [3.05, 3.63) is 39.5 Å². The molecule has 2 aromatic heterocycles. The van der Waals surface area contributed by atoms with Crippen molar-refractivity contribution in [2.75, 3.05) is 13.2 Å². The molecule has 0 atom stereocenters. The van der Waals surface area contributed by atoms with Gasteiger partial charge < -0.3 is 9.05 Å². The first-order chi connectivity index (χ1) is 12.4. The molecule has 0 saturated heterocycles. The topological polar surface area (TPSA) is 78.6 Å². The number of hydrogen-bond donors (Lipinski definition) is 0. The second-order valence-corrected chi connectivity index (χ2v) is 8.51. The first-order valence-electron chi connectivity index (χ1n) is 7.98. The predicted octanol–water partition coefficient (Wildman–Crippen LogP) is 4.41. The molecule has 0 radical (unpaired) electrons. The number of nitrogens with zero attached hydrogens (tertiary/aromatic N) is 4. The lowest BCUT2D eigenvalue weighted by Gasteiger charge is -2.19. The van der Waals surface area contributed by atoms with Crippen LogP contribution in [-0.2, 0) is 13.6 Å². The summed E-state index contributed by atoms with van der Waals surface area (Å²) in [6, 6.07) is 7.08. The molecule has 0 amide bonds. The van der Waals surface area contributed by atoms with E-state index in [9.17, 15) is 4.57 Å². The van der Waals surface area contributed by atoms with Crippen molar-refractivity contribution in [3.63, 3.8) is 0 Å². The van der Waals surface area contributed by atoms with Gasteiger partial charge in [0.25, 0.3) is 0 Å². The van der Waals surface area contributed by atoms with Gasteiger partial charge in [0.05, 0.1) is 23.4 Å². The molecule has 0 saturated carbocycles. The number of halogens is 2. The molecule has 3 aromatic rings. The lowest BCUT2D eigenvalue weighted by Crippen LogP contribution is -2.22. The SMILES string of the molecule is CCOP(=O)(OCC)c1nnc2c(Br)c(C)nn2c1-c1ccc(Cl)cc1. The Bertz CT molecular complexity index is 983. The van der Waals surface area contributed by atoms with E-state index in [4.69, 9.17) is 20.6 Å². The molecule has 26 heavy (non-hydrogen) atoms. The average Bonchev–Trinajstić information content (AvgIpc) is 2.90. The van der Waals surface area contributed by atoms with Gasteiger partial charge in [-0.2, -0.15) is 5.10 Å². The van der Waals surface area contributed by atoms with Crippen molar-refractivity contribution in [1.29, 1.82) is 0 Å². The summed E-state index contributed by atoms with van der Waals surface area (Å²) in [4.78, 5) is 0. The Labute approximate surface area is 164 Å². The second-order valence-electron chi connectivity index (χ2n) is 5.35. The number of aromatic nitrogens is 4. The van der Waals surface area contributed by atoms with Crippen LogP contribution in [0.1, 0.15) is 19.5 Å². The van der Waals surface area contributed by atoms with Crippen LogP contribution in [0.5, 0.6) is 0 Å². The fraction of sp³-hybridized carbons (Fsp3) is 0.312. The zero-order valence-corrected chi connectivity index (χ0v) is 17.7. The molecule has 3 rings (SSSR count). The molecule has 0 N–H and O–H groups in total. The summed E-state index contributed by atoms with van der Waals surface area (Å²) in [5, 5.41) is 13.5. The summed E-state index contributed by atoms with van der Waals surface area (Å²) >= 11 is 9.48. The highest BCUT2D eigenvalue weighted by Gasteiger charge is 2.35. The van der Waals surface area contributed by atoms with Crippen LogP contribution in [0.25, 0.3) is 16.9 Å². The predicted molar refractivity (Wildman–Crippen MR) is 104 cm³/mol. The second kappa shape index (κ2) is 7.74. The average molecular weight is 460 g/mol. The third kappa shape index (κ3) is 3.44. The lowest BCUT2D eigenvalue weighted by molar-refractivity contribution is 0.229. The van der Waals surface area contributed by atoms with E-state index in [1.165, 1.54) is 0 Å². The molecule has 138 valence electrons. The van der Waals surface area contributed by atoms with Gasteiger partial charge in [0.15, 0.2) is 5.65 Å². The highest BCUT2D eigenvalue weighted by atomic mass is 79.9. The Morgan fingerprint density at radius 1 is 1.15 bits per heavy atom. The Morgan fingerprint density at radius 3 is 2.35 bits per heavy atom. The molecule has 7 nitrogen and oxygen atoms in total. The van der Waals surface area contributed by atoms with Gasteiger partial charge in [-0.1, -0.05) is 23.7 Å². The standard InChI is InChI=1S/C16H17BrClN4O3P/c1-4-24-26(23,25-5-2)16-14(11-6-8-12(18)9-7-11)22-15(19-20-16)13(17)10(3)21-22/h6-9H,4-5H2,1-3H3. The van der Waals surface area contributed by atoms with Gasteiger partial charge in [0, 0.05) is 10.6 Å². The minimum Gasteiger partial charge on any atom is -0.304 e. The number of benzene rings is 1. The lowest BCUT2D eigenvalue weighted by atomic mass is 10.2. The first kappa shape index (κ1) is 19.5. The van der Waals surface area contributed by atoms with Crippen LogP contribution in [0.15, 0.2) is 28.7 Å². The van der Waals surface area contributed by atoms with E-state index in [2.05, 4.69) is 31.2 Å². The molecular formula is C16H17BrClN4O3P. The van der Waals surface area contributed by atoms with E-state index < -0.39 is 7.60 Å². The van der Waals surface area contributed by atoms with Crippen LogP contribution < -0.4 is 5.44 Å². The minimum atomic E-state index is -3.68. The van der Waals surface area contributed by atoms with Crippen molar-refractivity contribution in [2.24, 2.45) is 0 Å². The van der Waals surface area contributed by atoms with Crippen molar-refractivity contribution in [3.8, 4) is 11.3 Å². The quantitative estimate of drug-likeness (QED) is 0.508. The fourth-order valence-corrected chi connectivity index (χ4v) is 4.61. The summed E-state index contributed by atoms with van der Waals surface area (Å²) in [7, 11) is -3.68. The van der Waals surface area contributed by atoms with E-state index >= 15 is 0 Å². The maximum absolute atomic E-state index is 13.4. The van der Waals surface area contributed by atoms with E-state index in [0.717, 1.165) is 15.7 Å². The molecule has 0 aliphatic heterocycles. The highest BCUT2D eigenvalue weighted by molar-refractivity contribution is 9.10. The smallest absolute Gasteiger partial charge is 0.304 e. The molecule has 10 heteroatoms. The number of aryl methyl sites for hydroxylation is 1. The molecule has 0 unspecified atom stereocenters. The zero-order chi connectivity index (χ0) is 18.9. The minimum absolute atomic E-state index is 0.117. The van der Waals surface area contributed by atoms with Gasteiger partial charge in [-0.25, -0.2) is 4.52 Å². The molecule has 1 aromatic carbocycles. The third-order valence-electron chi connectivity index (χ3n) is 3.60. The Balaban J connectivity index is 2.37. The fourth-order valence-electron chi connectivity index (χ4n) is 2.52. The largest absolute Gasteiger partial charge is 0.383 e. The van der Waals surface area contributed by atoms with E-state index in [1.54, 1.807) is 42.6 Å². The van der Waals surface area contributed by atoms with Crippen LogP contribution in [0.3, 0.4) is 0 Å². The summed E-state index contributed by atoms with van der Waals surface area (Å²) in [5.74, 6) is 0. The molecule has 0 aliphatic carbocycles. The molecule has 0 bridgehead atoms. The number of hydrogen-bond acceptors (Lipinski definition) is 6. The summed E-state index contributed by atoms with van der Waals surface area (Å²) in [6.07, 6.45) is 0. The Morgan fingerprint density at radius 2 is 1.77 bits per heavy atom. The maximum atomic E-state index is 13.4. The van der Waals surface area contributed by atoms with Crippen LogP contribution >= 0.6 is 35.1 Å². The van der Waals surface area contributed by atoms with Gasteiger partial charge in [0.2, 0.25) is 5.44 Å². The van der Waals surface area contributed by atoms with Crippen LogP contribution in [0, 0.1) is 6.92 Å². The summed E-state index contributed by atoms with van der Waals surface area (Å²) in [5.41, 5.74) is 2.57. The van der Waals surface area contributed by atoms with Gasteiger partial charge in [0.1, 0.15) is 5.69 Å². The van der Waals surface area contributed by atoms with Crippen molar-refractivity contribution in [1.82, 2.24) is 19.8 Å². The van der Waals surface area contributed by atoms with Crippen molar-refractivity contribution in [2.45, 2.75) is 20.8 Å². The van der Waals surface area contributed by atoms with Crippen molar-refractivity contribution >= 4 is 46.2 Å². The highest BCUT2D eigenvalue weighted by Crippen LogP contribution is 2.48. The molecule has 0 aliphatic rings. The van der Waals surface area contributed by atoms with Crippen molar-refractivity contribution < 1.29 is 13.6 Å². The Kier molecular flexibility index (Phi) is 5.79. The monoisotopic (exact) mass is 458 g/mol. The van der Waals surface area contributed by atoms with Gasteiger partial charge >= 0.3 is 7.60 Å². The molecule has 2 heterocycles.